The van der Waals surface area contributed by atoms with E-state index < -0.39 is 0 Å². The predicted molar refractivity (Wildman–Crippen MR) is 65.6 cm³/mol. The Bertz CT molecular complexity index is 216. The Kier molecular flexibility index (Phi) is 4.19. The van der Waals surface area contributed by atoms with Crippen molar-refractivity contribution < 1.29 is 5.11 Å². The molecule has 3 atom stereocenters. The van der Waals surface area contributed by atoms with E-state index in [4.69, 9.17) is 0 Å². The maximum atomic E-state index is 9.78. The van der Waals surface area contributed by atoms with Gasteiger partial charge in [0.15, 0.2) is 0 Å². The molecular formula is C12H25N3O. The van der Waals surface area contributed by atoms with Crippen molar-refractivity contribution in [2.45, 2.75) is 37.5 Å². The van der Waals surface area contributed by atoms with Crippen LogP contribution in [0.1, 0.15) is 19.3 Å². The smallest absolute Gasteiger partial charge is 0.0682 e. The minimum atomic E-state index is -0.119. The number of hydrogen-bond donors (Lipinski definition) is 2. The summed E-state index contributed by atoms with van der Waals surface area (Å²) in [6.45, 7) is 4.19. The van der Waals surface area contributed by atoms with Gasteiger partial charge in [0, 0.05) is 31.7 Å². The minimum Gasteiger partial charge on any atom is -0.392 e. The van der Waals surface area contributed by atoms with Crippen molar-refractivity contribution in [3.05, 3.63) is 0 Å². The normalized spacial score (nSPS) is 36.4. The molecule has 0 bridgehead atoms. The van der Waals surface area contributed by atoms with E-state index in [1.54, 1.807) is 0 Å². The first-order chi connectivity index (χ1) is 7.65. The molecule has 2 aliphatic rings. The van der Waals surface area contributed by atoms with E-state index in [0.29, 0.717) is 12.1 Å². The molecule has 94 valence electrons. The lowest BCUT2D eigenvalue weighted by molar-refractivity contribution is 0.166. The van der Waals surface area contributed by atoms with Crippen molar-refractivity contribution in [2.24, 2.45) is 0 Å². The third-order valence-corrected chi connectivity index (χ3v) is 3.70. The average molecular weight is 227 g/mol. The fourth-order valence-electron chi connectivity index (χ4n) is 2.99. The third kappa shape index (κ3) is 3.17. The van der Waals surface area contributed by atoms with E-state index in [1.165, 1.54) is 19.4 Å². The van der Waals surface area contributed by atoms with Gasteiger partial charge in [-0.3, -0.25) is 4.90 Å². The first-order valence-corrected chi connectivity index (χ1v) is 6.45. The number of likely N-dealkylation sites (N-methyl/N-ethyl adjacent to an activating group) is 1. The maximum absolute atomic E-state index is 9.78. The second kappa shape index (κ2) is 5.45. The number of aliphatic hydroxyl groups is 1. The third-order valence-electron chi connectivity index (χ3n) is 3.70. The standard InChI is InChI=1S/C12H25N3O/c1-14(2)8-11-6-12(16)9-15(11)7-10-4-3-5-13-10/h10-13,16H,3-9H2,1-2H3/t10-,11?,12?/m0/s1. The number of rotatable bonds is 4. The highest BCUT2D eigenvalue weighted by atomic mass is 16.3. The van der Waals surface area contributed by atoms with Gasteiger partial charge in [-0.25, -0.2) is 0 Å². The first-order valence-electron chi connectivity index (χ1n) is 6.45. The Morgan fingerprint density at radius 2 is 2.25 bits per heavy atom. The molecule has 16 heavy (non-hydrogen) atoms. The number of aliphatic hydroxyl groups excluding tert-OH is 1. The lowest BCUT2D eigenvalue weighted by Crippen LogP contribution is -2.44. The molecule has 0 aromatic carbocycles. The Morgan fingerprint density at radius 3 is 2.88 bits per heavy atom. The van der Waals surface area contributed by atoms with Crippen LogP contribution in [0, 0.1) is 0 Å². The highest BCUT2D eigenvalue weighted by molar-refractivity contribution is 4.89. The molecule has 0 aliphatic carbocycles. The van der Waals surface area contributed by atoms with E-state index in [2.05, 4.69) is 29.2 Å². The zero-order valence-corrected chi connectivity index (χ0v) is 10.5. The summed E-state index contributed by atoms with van der Waals surface area (Å²) in [6, 6.07) is 1.18. The topological polar surface area (TPSA) is 38.7 Å². The summed E-state index contributed by atoms with van der Waals surface area (Å²) in [7, 11) is 4.22. The Hall–Kier alpha value is -0.160. The van der Waals surface area contributed by atoms with Crippen LogP contribution in [-0.4, -0.2) is 73.4 Å². The largest absolute Gasteiger partial charge is 0.392 e. The second-order valence-electron chi connectivity index (χ2n) is 5.55. The summed E-state index contributed by atoms with van der Waals surface area (Å²) < 4.78 is 0. The fraction of sp³-hybridized carbons (Fsp3) is 1.00. The van der Waals surface area contributed by atoms with Crippen molar-refractivity contribution in [2.75, 3.05) is 40.3 Å². The Labute approximate surface area is 98.6 Å². The number of β-amino-alcohol motifs (C(OH)–C–C–N with tert-alkyl or cyclic N) is 1. The molecule has 4 heteroatoms. The molecule has 4 nitrogen and oxygen atoms in total. The van der Waals surface area contributed by atoms with Gasteiger partial charge in [0.1, 0.15) is 0 Å². The number of nitrogens with zero attached hydrogens (tertiary/aromatic N) is 2. The van der Waals surface area contributed by atoms with E-state index in [9.17, 15) is 5.11 Å². The summed E-state index contributed by atoms with van der Waals surface area (Å²) in [4.78, 5) is 4.69. The van der Waals surface area contributed by atoms with Gasteiger partial charge in [-0.1, -0.05) is 0 Å². The molecule has 0 aromatic heterocycles. The maximum Gasteiger partial charge on any atom is 0.0682 e. The summed E-state index contributed by atoms with van der Waals surface area (Å²) in [5.41, 5.74) is 0. The molecular weight excluding hydrogens is 202 g/mol. The fourth-order valence-corrected chi connectivity index (χ4v) is 2.99. The van der Waals surface area contributed by atoms with Crippen molar-refractivity contribution in [1.29, 1.82) is 0 Å². The van der Waals surface area contributed by atoms with Gasteiger partial charge >= 0.3 is 0 Å². The summed E-state index contributed by atoms with van der Waals surface area (Å²) in [5.74, 6) is 0. The first kappa shape index (κ1) is 12.3. The summed E-state index contributed by atoms with van der Waals surface area (Å²) >= 11 is 0. The number of nitrogens with one attached hydrogen (secondary N) is 1. The minimum absolute atomic E-state index is 0.119. The van der Waals surface area contributed by atoms with E-state index >= 15 is 0 Å². The second-order valence-corrected chi connectivity index (χ2v) is 5.55. The van der Waals surface area contributed by atoms with E-state index in [0.717, 1.165) is 26.1 Å². The zero-order valence-electron chi connectivity index (χ0n) is 10.5. The van der Waals surface area contributed by atoms with Crippen LogP contribution >= 0.6 is 0 Å². The van der Waals surface area contributed by atoms with Crippen LogP contribution in [-0.2, 0) is 0 Å². The molecule has 2 N–H and O–H groups in total. The van der Waals surface area contributed by atoms with Gasteiger partial charge in [-0.05, 0) is 39.9 Å². The van der Waals surface area contributed by atoms with Crippen LogP contribution in [0.5, 0.6) is 0 Å². The van der Waals surface area contributed by atoms with Crippen LogP contribution in [0.2, 0.25) is 0 Å². The van der Waals surface area contributed by atoms with Crippen molar-refractivity contribution >= 4 is 0 Å². The molecule has 0 amide bonds. The summed E-state index contributed by atoms with van der Waals surface area (Å²) in [5, 5.41) is 13.3. The number of likely N-dealkylation sites (tertiary alicyclic amines) is 1. The molecule has 0 spiro atoms. The molecule has 2 saturated heterocycles. The molecule has 2 heterocycles. The van der Waals surface area contributed by atoms with Crippen LogP contribution in [0.15, 0.2) is 0 Å². The molecule has 2 unspecified atom stereocenters. The lowest BCUT2D eigenvalue weighted by atomic mass is 10.1. The molecule has 0 radical (unpaired) electrons. The molecule has 2 rings (SSSR count). The zero-order chi connectivity index (χ0) is 11.5. The number of hydrogen-bond acceptors (Lipinski definition) is 4. The van der Waals surface area contributed by atoms with Gasteiger partial charge in [-0.2, -0.15) is 0 Å². The van der Waals surface area contributed by atoms with Gasteiger partial charge in [0.05, 0.1) is 6.10 Å². The molecule has 2 fully saturated rings. The van der Waals surface area contributed by atoms with Gasteiger partial charge in [-0.15, -0.1) is 0 Å². The van der Waals surface area contributed by atoms with Gasteiger partial charge < -0.3 is 15.3 Å². The van der Waals surface area contributed by atoms with Crippen LogP contribution < -0.4 is 5.32 Å². The van der Waals surface area contributed by atoms with Crippen LogP contribution in [0.3, 0.4) is 0 Å². The Morgan fingerprint density at radius 1 is 1.44 bits per heavy atom. The highest BCUT2D eigenvalue weighted by Crippen LogP contribution is 2.20. The van der Waals surface area contributed by atoms with Gasteiger partial charge in [0.2, 0.25) is 0 Å². The van der Waals surface area contributed by atoms with Gasteiger partial charge in [0.25, 0.3) is 0 Å². The molecule has 0 saturated carbocycles. The molecule has 2 aliphatic heterocycles. The van der Waals surface area contributed by atoms with E-state index in [-0.39, 0.29) is 6.10 Å². The Balaban J connectivity index is 1.84. The van der Waals surface area contributed by atoms with Crippen LogP contribution in [0.4, 0.5) is 0 Å². The summed E-state index contributed by atoms with van der Waals surface area (Å²) in [6.07, 6.45) is 3.41. The van der Waals surface area contributed by atoms with Crippen molar-refractivity contribution in [3.63, 3.8) is 0 Å². The van der Waals surface area contributed by atoms with Crippen LogP contribution in [0.25, 0.3) is 0 Å². The predicted octanol–water partition coefficient (Wildman–Crippen LogP) is -0.265. The average Bonchev–Trinajstić information content (AvgIpc) is 2.77. The van der Waals surface area contributed by atoms with E-state index in [1.807, 2.05) is 0 Å². The van der Waals surface area contributed by atoms with Crippen molar-refractivity contribution in [3.8, 4) is 0 Å². The van der Waals surface area contributed by atoms with Crippen molar-refractivity contribution in [1.82, 2.24) is 15.1 Å². The molecule has 0 aromatic rings. The SMILES string of the molecule is CN(C)CC1CC(O)CN1C[C@@H]1CCCN1. The lowest BCUT2D eigenvalue weighted by Gasteiger charge is -2.28. The quantitative estimate of drug-likeness (QED) is 0.694. The highest BCUT2D eigenvalue weighted by Gasteiger charge is 2.32. The monoisotopic (exact) mass is 227 g/mol.